The SMILES string of the molecule is Cc1ccc(CC(O)c2cnccc2N)cc1. The third-order valence-corrected chi connectivity index (χ3v) is 2.80. The average Bonchev–Trinajstić information content (AvgIpc) is 2.32. The molecule has 0 radical (unpaired) electrons. The molecule has 1 aromatic heterocycles. The van der Waals surface area contributed by atoms with Gasteiger partial charge in [0, 0.05) is 30.1 Å². The normalized spacial score (nSPS) is 12.4. The van der Waals surface area contributed by atoms with E-state index < -0.39 is 6.10 Å². The van der Waals surface area contributed by atoms with Gasteiger partial charge in [0.2, 0.25) is 0 Å². The van der Waals surface area contributed by atoms with E-state index in [1.807, 2.05) is 31.2 Å². The highest BCUT2D eigenvalue weighted by molar-refractivity contribution is 5.46. The summed E-state index contributed by atoms with van der Waals surface area (Å²) in [4.78, 5) is 3.98. The number of anilines is 1. The Bertz CT molecular complexity index is 494. The molecule has 0 bridgehead atoms. The Labute approximate surface area is 101 Å². The molecule has 3 nitrogen and oxygen atoms in total. The fourth-order valence-electron chi connectivity index (χ4n) is 1.75. The molecular formula is C14H16N2O. The lowest BCUT2D eigenvalue weighted by atomic mass is 10.0. The topological polar surface area (TPSA) is 59.1 Å². The zero-order chi connectivity index (χ0) is 12.3. The first-order valence-electron chi connectivity index (χ1n) is 5.60. The van der Waals surface area contributed by atoms with E-state index in [1.54, 1.807) is 18.5 Å². The maximum Gasteiger partial charge on any atom is 0.0865 e. The predicted molar refractivity (Wildman–Crippen MR) is 68.5 cm³/mol. The molecule has 1 heterocycles. The molecule has 1 atom stereocenters. The van der Waals surface area contributed by atoms with Crippen LogP contribution in [0.3, 0.4) is 0 Å². The number of aliphatic hydroxyl groups excluding tert-OH is 1. The van der Waals surface area contributed by atoms with Crippen molar-refractivity contribution < 1.29 is 5.11 Å². The van der Waals surface area contributed by atoms with Gasteiger partial charge in [-0.05, 0) is 18.6 Å². The minimum Gasteiger partial charge on any atom is -0.398 e. The first-order chi connectivity index (χ1) is 8.16. The van der Waals surface area contributed by atoms with Gasteiger partial charge in [-0.3, -0.25) is 4.98 Å². The van der Waals surface area contributed by atoms with E-state index >= 15 is 0 Å². The van der Waals surface area contributed by atoms with Crippen molar-refractivity contribution in [2.45, 2.75) is 19.4 Å². The van der Waals surface area contributed by atoms with Gasteiger partial charge in [-0.15, -0.1) is 0 Å². The summed E-state index contributed by atoms with van der Waals surface area (Å²) in [5.74, 6) is 0. The summed E-state index contributed by atoms with van der Waals surface area (Å²) in [6, 6.07) is 9.81. The number of nitrogen functional groups attached to an aromatic ring is 1. The van der Waals surface area contributed by atoms with Gasteiger partial charge in [0.1, 0.15) is 0 Å². The molecule has 2 aromatic rings. The van der Waals surface area contributed by atoms with Crippen molar-refractivity contribution in [2.75, 3.05) is 5.73 Å². The number of pyridine rings is 1. The van der Waals surface area contributed by atoms with Crippen molar-refractivity contribution in [1.29, 1.82) is 0 Å². The standard InChI is InChI=1S/C14H16N2O/c1-10-2-4-11(5-3-10)8-14(17)12-9-16-7-6-13(12)15/h2-7,9,14,17H,8H2,1H3,(H2,15,16). The molecule has 0 aliphatic carbocycles. The lowest BCUT2D eigenvalue weighted by molar-refractivity contribution is 0.179. The van der Waals surface area contributed by atoms with Crippen LogP contribution in [0.25, 0.3) is 0 Å². The Balaban J connectivity index is 2.14. The number of aromatic nitrogens is 1. The second-order valence-corrected chi connectivity index (χ2v) is 4.21. The van der Waals surface area contributed by atoms with Crippen LogP contribution in [0.5, 0.6) is 0 Å². The van der Waals surface area contributed by atoms with Gasteiger partial charge in [-0.25, -0.2) is 0 Å². The largest absolute Gasteiger partial charge is 0.398 e. The summed E-state index contributed by atoms with van der Waals surface area (Å²) < 4.78 is 0. The van der Waals surface area contributed by atoms with Crippen LogP contribution in [0.2, 0.25) is 0 Å². The van der Waals surface area contributed by atoms with Gasteiger partial charge in [0.05, 0.1) is 6.10 Å². The van der Waals surface area contributed by atoms with Crippen molar-refractivity contribution >= 4 is 5.69 Å². The quantitative estimate of drug-likeness (QED) is 0.847. The van der Waals surface area contributed by atoms with E-state index in [0.29, 0.717) is 17.7 Å². The summed E-state index contributed by atoms with van der Waals surface area (Å²) in [5.41, 5.74) is 9.37. The molecular weight excluding hydrogens is 212 g/mol. The molecule has 1 aromatic carbocycles. The Hall–Kier alpha value is -1.87. The van der Waals surface area contributed by atoms with E-state index in [9.17, 15) is 5.11 Å². The Morgan fingerprint density at radius 2 is 1.94 bits per heavy atom. The van der Waals surface area contributed by atoms with E-state index in [0.717, 1.165) is 5.56 Å². The zero-order valence-electron chi connectivity index (χ0n) is 9.80. The van der Waals surface area contributed by atoms with E-state index in [4.69, 9.17) is 5.73 Å². The highest BCUT2D eigenvalue weighted by Crippen LogP contribution is 2.22. The molecule has 0 aliphatic heterocycles. The van der Waals surface area contributed by atoms with Crippen molar-refractivity contribution in [1.82, 2.24) is 4.98 Å². The number of rotatable bonds is 3. The maximum atomic E-state index is 10.1. The zero-order valence-corrected chi connectivity index (χ0v) is 9.80. The number of aliphatic hydroxyl groups is 1. The monoisotopic (exact) mass is 228 g/mol. The van der Waals surface area contributed by atoms with E-state index in [2.05, 4.69) is 4.98 Å². The minimum atomic E-state index is -0.605. The first kappa shape index (κ1) is 11.6. The average molecular weight is 228 g/mol. The molecule has 2 rings (SSSR count). The fraction of sp³-hybridized carbons (Fsp3) is 0.214. The van der Waals surface area contributed by atoms with Gasteiger partial charge >= 0.3 is 0 Å². The lowest BCUT2D eigenvalue weighted by Gasteiger charge is -2.12. The van der Waals surface area contributed by atoms with Crippen molar-refractivity contribution in [2.24, 2.45) is 0 Å². The van der Waals surface area contributed by atoms with E-state index in [1.165, 1.54) is 5.56 Å². The van der Waals surface area contributed by atoms with Gasteiger partial charge in [-0.1, -0.05) is 29.8 Å². The van der Waals surface area contributed by atoms with E-state index in [-0.39, 0.29) is 0 Å². The Kier molecular flexibility index (Phi) is 3.40. The molecule has 3 N–H and O–H groups in total. The number of aryl methyl sites for hydroxylation is 1. The summed E-state index contributed by atoms with van der Waals surface area (Å²) in [5, 5.41) is 10.1. The highest BCUT2D eigenvalue weighted by atomic mass is 16.3. The van der Waals surface area contributed by atoms with Crippen LogP contribution in [-0.4, -0.2) is 10.1 Å². The molecule has 88 valence electrons. The molecule has 0 aliphatic rings. The minimum absolute atomic E-state index is 0.552. The molecule has 17 heavy (non-hydrogen) atoms. The third kappa shape index (κ3) is 2.82. The molecule has 0 fully saturated rings. The van der Waals surface area contributed by atoms with Crippen molar-refractivity contribution in [3.63, 3.8) is 0 Å². The van der Waals surface area contributed by atoms with Gasteiger partial charge in [0.25, 0.3) is 0 Å². The lowest BCUT2D eigenvalue weighted by Crippen LogP contribution is -2.05. The molecule has 0 saturated heterocycles. The number of hydrogen-bond acceptors (Lipinski definition) is 3. The highest BCUT2D eigenvalue weighted by Gasteiger charge is 2.11. The number of nitrogens with two attached hydrogens (primary N) is 1. The number of benzene rings is 1. The first-order valence-corrected chi connectivity index (χ1v) is 5.60. The van der Waals surface area contributed by atoms with Gasteiger partial charge < -0.3 is 10.8 Å². The van der Waals surface area contributed by atoms with Crippen LogP contribution >= 0.6 is 0 Å². The van der Waals surface area contributed by atoms with Crippen LogP contribution in [0.1, 0.15) is 22.8 Å². The van der Waals surface area contributed by atoms with Crippen LogP contribution in [0.4, 0.5) is 5.69 Å². The van der Waals surface area contributed by atoms with Crippen LogP contribution < -0.4 is 5.73 Å². The Morgan fingerprint density at radius 1 is 1.24 bits per heavy atom. The molecule has 3 heteroatoms. The summed E-state index contributed by atoms with van der Waals surface area (Å²) in [6.07, 6.45) is 3.19. The van der Waals surface area contributed by atoms with Crippen LogP contribution in [-0.2, 0) is 6.42 Å². The van der Waals surface area contributed by atoms with Gasteiger partial charge in [0.15, 0.2) is 0 Å². The second kappa shape index (κ2) is 4.97. The van der Waals surface area contributed by atoms with Crippen molar-refractivity contribution in [3.8, 4) is 0 Å². The van der Waals surface area contributed by atoms with Crippen LogP contribution in [0.15, 0.2) is 42.7 Å². The maximum absolute atomic E-state index is 10.1. The molecule has 0 saturated carbocycles. The summed E-state index contributed by atoms with van der Waals surface area (Å²) >= 11 is 0. The van der Waals surface area contributed by atoms with Crippen molar-refractivity contribution in [3.05, 3.63) is 59.4 Å². The molecule has 0 amide bonds. The fourth-order valence-corrected chi connectivity index (χ4v) is 1.75. The Morgan fingerprint density at radius 3 is 2.59 bits per heavy atom. The summed E-state index contributed by atoms with van der Waals surface area (Å²) in [6.45, 7) is 2.04. The van der Waals surface area contributed by atoms with Crippen LogP contribution in [0, 0.1) is 6.92 Å². The summed E-state index contributed by atoms with van der Waals surface area (Å²) in [7, 11) is 0. The third-order valence-electron chi connectivity index (χ3n) is 2.80. The smallest absolute Gasteiger partial charge is 0.0865 e. The second-order valence-electron chi connectivity index (χ2n) is 4.21. The predicted octanol–water partition coefficient (Wildman–Crippen LogP) is 2.25. The number of hydrogen-bond donors (Lipinski definition) is 2. The molecule has 0 spiro atoms. The molecule has 1 unspecified atom stereocenters. The van der Waals surface area contributed by atoms with Gasteiger partial charge in [-0.2, -0.15) is 0 Å². The number of nitrogens with zero attached hydrogens (tertiary/aromatic N) is 1.